The number of carbonyl (C=O) groups is 4. The monoisotopic (exact) mass is 565 g/mol. The van der Waals surface area contributed by atoms with Crippen molar-refractivity contribution in [2.24, 2.45) is 23.5 Å². The van der Waals surface area contributed by atoms with Crippen LogP contribution in [-0.2, 0) is 35.0 Å². The number of esters is 3. The largest absolute Gasteiger partial charge is 0.508 e. The van der Waals surface area contributed by atoms with Gasteiger partial charge in [-0.25, -0.2) is 4.79 Å². The fourth-order valence-corrected chi connectivity index (χ4v) is 3.29. The lowest BCUT2D eigenvalue weighted by molar-refractivity contribution is -0.152. The molecule has 0 aliphatic heterocycles. The van der Waals surface area contributed by atoms with E-state index in [1.54, 1.807) is 13.0 Å². The first-order chi connectivity index (χ1) is 18.8. The van der Waals surface area contributed by atoms with E-state index in [1.807, 2.05) is 41.5 Å². The quantitative estimate of drug-likeness (QED) is 0.194. The molecule has 0 saturated carbocycles. The molecule has 1 aromatic rings. The van der Waals surface area contributed by atoms with Crippen LogP contribution in [0.5, 0.6) is 11.5 Å². The van der Waals surface area contributed by atoms with E-state index in [4.69, 9.17) is 29.4 Å². The summed E-state index contributed by atoms with van der Waals surface area (Å²) in [5.74, 6) is -0.698. The van der Waals surface area contributed by atoms with Crippen LogP contribution in [-0.4, -0.2) is 49.4 Å². The van der Waals surface area contributed by atoms with Crippen LogP contribution in [0, 0.1) is 17.8 Å². The number of carbonyl (C=O) groups excluding carboxylic acids is 4. The Kier molecular flexibility index (Phi) is 15.9. The summed E-state index contributed by atoms with van der Waals surface area (Å²) >= 11 is 0. The zero-order chi connectivity index (χ0) is 30.2. The van der Waals surface area contributed by atoms with Gasteiger partial charge in [0, 0.05) is 12.8 Å². The predicted molar refractivity (Wildman–Crippen MR) is 150 cm³/mol. The van der Waals surface area contributed by atoms with Crippen molar-refractivity contribution < 1.29 is 42.9 Å². The minimum atomic E-state index is -1.04. The molecule has 10 nitrogen and oxygen atoms in total. The van der Waals surface area contributed by atoms with E-state index in [9.17, 15) is 19.2 Å². The summed E-state index contributed by atoms with van der Waals surface area (Å²) in [6, 6.07) is 3.66. The summed E-state index contributed by atoms with van der Waals surface area (Å²) in [7, 11) is 0. The molecule has 0 aliphatic carbocycles. The second kappa shape index (κ2) is 18.3. The lowest BCUT2D eigenvalue weighted by Gasteiger charge is -2.18. The van der Waals surface area contributed by atoms with E-state index in [1.165, 1.54) is 12.1 Å². The molecule has 0 spiro atoms. The van der Waals surface area contributed by atoms with Crippen molar-refractivity contribution in [1.29, 1.82) is 0 Å². The molecule has 0 fully saturated rings. The first kappa shape index (κ1) is 34.9. The van der Waals surface area contributed by atoms with E-state index in [-0.39, 0.29) is 55.8 Å². The summed E-state index contributed by atoms with van der Waals surface area (Å²) in [6.07, 6.45) is 1.30. The maximum absolute atomic E-state index is 12.5. The predicted octanol–water partition coefficient (Wildman–Crippen LogP) is 5.37. The minimum absolute atomic E-state index is 0.0701. The molecular formula is C30H47NO9. The van der Waals surface area contributed by atoms with Crippen molar-refractivity contribution in [3.05, 3.63) is 23.8 Å². The average Bonchev–Trinajstić information content (AvgIpc) is 2.88. The number of nitrogens with two attached hydrogens (primary N) is 1. The highest BCUT2D eigenvalue weighted by atomic mass is 16.7. The Bertz CT molecular complexity index is 962. The van der Waals surface area contributed by atoms with Crippen molar-refractivity contribution >= 4 is 24.1 Å². The molecule has 0 aromatic heterocycles. The third kappa shape index (κ3) is 14.3. The zero-order valence-corrected chi connectivity index (χ0v) is 25.0. The molecule has 0 heterocycles. The second-order valence-electron chi connectivity index (χ2n) is 10.8. The van der Waals surface area contributed by atoms with Gasteiger partial charge in [0.25, 0.3) is 0 Å². The molecule has 10 heteroatoms. The van der Waals surface area contributed by atoms with Gasteiger partial charge in [-0.2, -0.15) is 0 Å². The number of rotatable bonds is 17. The van der Waals surface area contributed by atoms with Crippen LogP contribution >= 0.6 is 0 Å². The van der Waals surface area contributed by atoms with Gasteiger partial charge in [-0.15, -0.1) is 0 Å². The normalized spacial score (nSPS) is 14.0. The summed E-state index contributed by atoms with van der Waals surface area (Å²) in [4.78, 5) is 49.1. The highest BCUT2D eigenvalue weighted by Crippen LogP contribution is 2.30. The van der Waals surface area contributed by atoms with Gasteiger partial charge in [-0.3, -0.25) is 14.4 Å². The maximum Gasteiger partial charge on any atom is 0.508 e. The molecular weight excluding hydrogens is 518 g/mol. The molecule has 226 valence electrons. The van der Waals surface area contributed by atoms with Crippen molar-refractivity contribution in [2.75, 3.05) is 13.2 Å². The molecule has 4 atom stereocenters. The Morgan fingerprint density at radius 3 is 1.95 bits per heavy atom. The molecule has 1 rings (SSSR count). The van der Waals surface area contributed by atoms with Gasteiger partial charge in [0.05, 0.1) is 6.61 Å². The molecule has 2 unspecified atom stereocenters. The molecule has 2 N–H and O–H groups in total. The number of hydrogen-bond acceptors (Lipinski definition) is 10. The highest BCUT2D eigenvalue weighted by Gasteiger charge is 2.22. The first-order valence-corrected chi connectivity index (χ1v) is 14.1. The van der Waals surface area contributed by atoms with Crippen LogP contribution in [0.25, 0.3) is 0 Å². The Morgan fingerprint density at radius 2 is 1.40 bits per heavy atom. The first-order valence-electron chi connectivity index (χ1n) is 14.1. The van der Waals surface area contributed by atoms with E-state index < -0.39 is 36.2 Å². The van der Waals surface area contributed by atoms with Crippen LogP contribution in [0.15, 0.2) is 18.2 Å². The smallest absolute Gasteiger partial charge is 0.458 e. The van der Waals surface area contributed by atoms with Crippen molar-refractivity contribution in [3.63, 3.8) is 0 Å². The fourth-order valence-electron chi connectivity index (χ4n) is 3.29. The maximum atomic E-state index is 12.5. The molecule has 0 aliphatic rings. The number of benzene rings is 1. The third-order valence-electron chi connectivity index (χ3n) is 6.31. The topological polar surface area (TPSA) is 140 Å². The van der Waals surface area contributed by atoms with Crippen LogP contribution < -0.4 is 15.2 Å². The lowest BCUT2D eigenvalue weighted by Crippen LogP contribution is -2.37. The van der Waals surface area contributed by atoms with Crippen molar-refractivity contribution in [2.45, 2.75) is 99.1 Å². The Morgan fingerprint density at radius 1 is 0.825 bits per heavy atom. The summed E-state index contributed by atoms with van der Waals surface area (Å²) in [6.45, 7) is 13.5. The lowest BCUT2D eigenvalue weighted by atomic mass is 10.0. The highest BCUT2D eigenvalue weighted by molar-refractivity contribution is 5.77. The van der Waals surface area contributed by atoms with Crippen LogP contribution in [0.3, 0.4) is 0 Å². The summed E-state index contributed by atoms with van der Waals surface area (Å²) in [5, 5.41) is 0. The van der Waals surface area contributed by atoms with E-state index in [0.717, 1.165) is 19.3 Å². The van der Waals surface area contributed by atoms with E-state index in [0.29, 0.717) is 11.5 Å². The standard InChI is InChI=1S/C30H47NO9/c1-8-20(5)14-27(32)39-25-11-10-23(17-26(25)40-28(33)15-21(6)9-2)16-24(31)29(34)38-22(7)18-37-30(35)36-13-12-19(3)4/h10-11,17,19-22,24H,8-9,12-16,18,31H2,1-7H3/t20?,21?,22-,24-/m0/s1. The minimum Gasteiger partial charge on any atom is -0.458 e. The van der Waals surface area contributed by atoms with Gasteiger partial charge in [0.2, 0.25) is 0 Å². The van der Waals surface area contributed by atoms with Gasteiger partial charge >= 0.3 is 24.1 Å². The van der Waals surface area contributed by atoms with E-state index >= 15 is 0 Å². The van der Waals surface area contributed by atoms with Crippen molar-refractivity contribution in [1.82, 2.24) is 0 Å². The molecule has 0 radical (unpaired) electrons. The third-order valence-corrected chi connectivity index (χ3v) is 6.31. The fraction of sp³-hybridized carbons (Fsp3) is 0.667. The summed E-state index contributed by atoms with van der Waals surface area (Å²) in [5.41, 5.74) is 6.65. The molecule has 0 bridgehead atoms. The number of hydrogen-bond donors (Lipinski definition) is 1. The molecule has 0 amide bonds. The van der Waals surface area contributed by atoms with Gasteiger partial charge in [-0.05, 0) is 55.2 Å². The second-order valence-corrected chi connectivity index (χ2v) is 10.8. The molecule has 1 aromatic carbocycles. The molecule has 0 saturated heterocycles. The molecule has 40 heavy (non-hydrogen) atoms. The van der Waals surface area contributed by atoms with Crippen LogP contribution in [0.1, 0.15) is 86.1 Å². The van der Waals surface area contributed by atoms with Gasteiger partial charge in [-0.1, -0.05) is 60.5 Å². The van der Waals surface area contributed by atoms with E-state index in [2.05, 4.69) is 0 Å². The zero-order valence-electron chi connectivity index (χ0n) is 25.0. The number of ether oxygens (including phenoxy) is 5. The van der Waals surface area contributed by atoms with Gasteiger partial charge in [0.15, 0.2) is 11.5 Å². The Balaban J connectivity index is 2.82. The summed E-state index contributed by atoms with van der Waals surface area (Å²) < 4.78 is 26.3. The van der Waals surface area contributed by atoms with Gasteiger partial charge < -0.3 is 29.4 Å². The van der Waals surface area contributed by atoms with Crippen LogP contribution in [0.2, 0.25) is 0 Å². The van der Waals surface area contributed by atoms with Crippen molar-refractivity contribution in [3.8, 4) is 11.5 Å². The SMILES string of the molecule is CCC(C)CC(=O)Oc1ccc(C[C@H](N)C(=O)O[C@@H](C)COC(=O)OCCC(C)C)cc1OC(=O)CC(C)CC. The average molecular weight is 566 g/mol. The van der Waals surface area contributed by atoms with Gasteiger partial charge in [0.1, 0.15) is 18.8 Å². The Hall–Kier alpha value is -3.14. The van der Waals surface area contributed by atoms with Crippen LogP contribution in [0.4, 0.5) is 4.79 Å². The Labute approximate surface area is 238 Å².